The van der Waals surface area contributed by atoms with Crippen molar-refractivity contribution < 1.29 is 9.59 Å². The fourth-order valence-corrected chi connectivity index (χ4v) is 1.86. The van der Waals surface area contributed by atoms with Crippen LogP contribution in [0.3, 0.4) is 0 Å². The second kappa shape index (κ2) is 4.52. The average Bonchev–Trinajstić information content (AvgIpc) is 2.74. The first kappa shape index (κ1) is 11.6. The molecule has 0 unspecified atom stereocenters. The summed E-state index contributed by atoms with van der Waals surface area (Å²) in [6.45, 7) is 5.53. The maximum absolute atomic E-state index is 12.1. The van der Waals surface area contributed by atoms with E-state index in [1.807, 2.05) is 0 Å². The van der Waals surface area contributed by atoms with Crippen LogP contribution in [-0.4, -0.2) is 63.2 Å². The van der Waals surface area contributed by atoms with Gasteiger partial charge < -0.3 is 9.80 Å². The van der Waals surface area contributed by atoms with E-state index >= 15 is 0 Å². The predicted molar refractivity (Wildman–Crippen MR) is 59.3 cm³/mol. The Morgan fingerprint density at radius 3 is 2.18 bits per heavy atom. The molecule has 1 aromatic rings. The second-order valence-electron chi connectivity index (χ2n) is 4.06. The van der Waals surface area contributed by atoms with Gasteiger partial charge in [-0.15, -0.1) is 0 Å². The number of hydrogen-bond donors (Lipinski definition) is 1. The van der Waals surface area contributed by atoms with Crippen molar-refractivity contribution in [2.45, 2.75) is 13.8 Å². The molecule has 1 saturated heterocycles. The van der Waals surface area contributed by atoms with Gasteiger partial charge in [-0.1, -0.05) is 0 Å². The molecule has 92 valence electrons. The zero-order valence-electron chi connectivity index (χ0n) is 9.93. The van der Waals surface area contributed by atoms with Crippen LogP contribution in [0, 0.1) is 6.92 Å². The van der Waals surface area contributed by atoms with Crippen molar-refractivity contribution in [3.8, 4) is 0 Å². The molecular weight excluding hydrogens is 222 g/mol. The molecule has 0 aliphatic carbocycles. The number of nitrogens with one attached hydrogen (secondary N) is 1. The van der Waals surface area contributed by atoms with Gasteiger partial charge in [0.05, 0.1) is 5.69 Å². The number of hydrogen-bond acceptors (Lipinski definition) is 4. The Morgan fingerprint density at radius 1 is 1.12 bits per heavy atom. The molecule has 7 nitrogen and oxygen atoms in total. The molecule has 0 atom stereocenters. The number of nitrogens with zero attached hydrogens (tertiary/aromatic N) is 4. The number of rotatable bonds is 1. The Kier molecular flexibility index (Phi) is 3.08. The minimum absolute atomic E-state index is 0.0507. The molecule has 2 rings (SSSR count). The molecule has 0 bridgehead atoms. The standard InChI is InChI=1S/C10H15N5O2/c1-7-9(12-13-11-7)10(17)15-5-3-14(4-6-15)8(2)16/h3-6H2,1-2H3,(H,11,12,13). The number of H-pyrrole nitrogens is 1. The highest BCUT2D eigenvalue weighted by Crippen LogP contribution is 2.08. The lowest BCUT2D eigenvalue weighted by Gasteiger charge is -2.33. The van der Waals surface area contributed by atoms with E-state index in [0.29, 0.717) is 37.6 Å². The first-order chi connectivity index (χ1) is 8.09. The quantitative estimate of drug-likeness (QED) is 0.708. The lowest BCUT2D eigenvalue weighted by atomic mass is 10.2. The molecule has 0 aromatic carbocycles. The van der Waals surface area contributed by atoms with E-state index in [4.69, 9.17) is 0 Å². The van der Waals surface area contributed by atoms with Crippen LogP contribution in [0.25, 0.3) is 0 Å². The van der Waals surface area contributed by atoms with Crippen molar-refractivity contribution in [1.82, 2.24) is 25.2 Å². The van der Waals surface area contributed by atoms with Crippen LogP contribution in [0.1, 0.15) is 23.1 Å². The van der Waals surface area contributed by atoms with Crippen LogP contribution in [0.5, 0.6) is 0 Å². The maximum atomic E-state index is 12.1. The number of carbonyl (C=O) groups excluding carboxylic acids is 2. The molecule has 1 aliphatic heterocycles. The van der Waals surface area contributed by atoms with Crippen LogP contribution in [-0.2, 0) is 4.79 Å². The van der Waals surface area contributed by atoms with Crippen molar-refractivity contribution in [3.05, 3.63) is 11.4 Å². The van der Waals surface area contributed by atoms with E-state index in [1.54, 1.807) is 23.6 Å². The molecular formula is C10H15N5O2. The molecule has 1 aromatic heterocycles. The van der Waals surface area contributed by atoms with Crippen LogP contribution in [0.15, 0.2) is 0 Å². The summed E-state index contributed by atoms with van der Waals surface area (Å²) >= 11 is 0. The van der Waals surface area contributed by atoms with Crippen LogP contribution in [0.2, 0.25) is 0 Å². The van der Waals surface area contributed by atoms with Crippen molar-refractivity contribution >= 4 is 11.8 Å². The van der Waals surface area contributed by atoms with E-state index in [-0.39, 0.29) is 11.8 Å². The predicted octanol–water partition coefficient (Wildman–Crippen LogP) is -0.583. The van der Waals surface area contributed by atoms with Gasteiger partial charge >= 0.3 is 0 Å². The van der Waals surface area contributed by atoms with Crippen LogP contribution < -0.4 is 0 Å². The summed E-state index contributed by atoms with van der Waals surface area (Å²) in [6, 6.07) is 0. The summed E-state index contributed by atoms with van der Waals surface area (Å²) in [6.07, 6.45) is 0. The zero-order chi connectivity index (χ0) is 12.4. The molecule has 0 radical (unpaired) electrons. The largest absolute Gasteiger partial charge is 0.339 e. The highest BCUT2D eigenvalue weighted by molar-refractivity contribution is 5.93. The number of carbonyl (C=O) groups is 2. The Balaban J connectivity index is 2.00. The van der Waals surface area contributed by atoms with Crippen molar-refractivity contribution in [2.75, 3.05) is 26.2 Å². The van der Waals surface area contributed by atoms with E-state index in [9.17, 15) is 9.59 Å². The van der Waals surface area contributed by atoms with Gasteiger partial charge in [-0.25, -0.2) is 0 Å². The van der Waals surface area contributed by atoms with Crippen LogP contribution in [0.4, 0.5) is 0 Å². The lowest BCUT2D eigenvalue weighted by molar-refractivity contribution is -0.130. The Hall–Kier alpha value is -1.92. The minimum atomic E-state index is -0.126. The summed E-state index contributed by atoms with van der Waals surface area (Å²) in [5.41, 5.74) is 0.963. The number of aromatic nitrogens is 3. The van der Waals surface area contributed by atoms with E-state index < -0.39 is 0 Å². The maximum Gasteiger partial charge on any atom is 0.276 e. The molecule has 17 heavy (non-hydrogen) atoms. The van der Waals surface area contributed by atoms with Crippen LogP contribution >= 0.6 is 0 Å². The number of piperazine rings is 1. The van der Waals surface area contributed by atoms with E-state index in [1.165, 1.54) is 0 Å². The average molecular weight is 237 g/mol. The highest BCUT2D eigenvalue weighted by Gasteiger charge is 2.25. The van der Waals surface area contributed by atoms with E-state index in [0.717, 1.165) is 0 Å². The molecule has 1 aliphatic rings. The summed E-state index contributed by atoms with van der Waals surface area (Å²) in [7, 11) is 0. The summed E-state index contributed by atoms with van der Waals surface area (Å²) in [5, 5.41) is 10.1. The number of aromatic amines is 1. The summed E-state index contributed by atoms with van der Waals surface area (Å²) in [5.74, 6) is -0.0748. The minimum Gasteiger partial charge on any atom is -0.339 e. The third kappa shape index (κ3) is 2.27. The van der Waals surface area contributed by atoms with E-state index in [2.05, 4.69) is 15.4 Å². The normalized spacial score (nSPS) is 16.1. The first-order valence-corrected chi connectivity index (χ1v) is 5.51. The second-order valence-corrected chi connectivity index (χ2v) is 4.06. The highest BCUT2D eigenvalue weighted by atomic mass is 16.2. The SMILES string of the molecule is CC(=O)N1CCN(C(=O)c2n[nH]nc2C)CC1. The fourth-order valence-electron chi connectivity index (χ4n) is 1.86. The van der Waals surface area contributed by atoms with Crippen molar-refractivity contribution in [2.24, 2.45) is 0 Å². The molecule has 0 saturated carbocycles. The van der Waals surface area contributed by atoms with Gasteiger partial charge in [-0.05, 0) is 6.92 Å². The Morgan fingerprint density at radius 2 is 1.71 bits per heavy atom. The van der Waals surface area contributed by atoms with Gasteiger partial charge in [0.15, 0.2) is 5.69 Å². The topological polar surface area (TPSA) is 82.2 Å². The molecule has 1 fully saturated rings. The summed E-state index contributed by atoms with van der Waals surface area (Å²) in [4.78, 5) is 26.6. The zero-order valence-corrected chi connectivity index (χ0v) is 9.93. The number of amides is 2. The van der Waals surface area contributed by atoms with Gasteiger partial charge in [0.2, 0.25) is 5.91 Å². The van der Waals surface area contributed by atoms with Crippen molar-refractivity contribution in [1.29, 1.82) is 0 Å². The van der Waals surface area contributed by atoms with Gasteiger partial charge in [-0.3, -0.25) is 9.59 Å². The molecule has 0 spiro atoms. The molecule has 1 N–H and O–H groups in total. The summed E-state index contributed by atoms with van der Waals surface area (Å²) < 4.78 is 0. The van der Waals surface area contributed by atoms with Gasteiger partial charge in [-0.2, -0.15) is 15.4 Å². The number of aryl methyl sites for hydroxylation is 1. The third-order valence-electron chi connectivity index (χ3n) is 2.94. The Labute approximate surface area is 98.8 Å². The smallest absolute Gasteiger partial charge is 0.276 e. The Bertz CT molecular complexity index is 434. The monoisotopic (exact) mass is 237 g/mol. The first-order valence-electron chi connectivity index (χ1n) is 5.51. The molecule has 2 amide bonds. The lowest BCUT2D eigenvalue weighted by Crippen LogP contribution is -2.50. The molecule has 7 heteroatoms. The fraction of sp³-hybridized carbons (Fsp3) is 0.600. The van der Waals surface area contributed by atoms with Crippen molar-refractivity contribution in [3.63, 3.8) is 0 Å². The van der Waals surface area contributed by atoms with Gasteiger partial charge in [0.25, 0.3) is 5.91 Å². The molecule has 2 heterocycles. The van der Waals surface area contributed by atoms with Gasteiger partial charge in [0, 0.05) is 33.1 Å². The third-order valence-corrected chi connectivity index (χ3v) is 2.94. The van der Waals surface area contributed by atoms with Gasteiger partial charge in [0.1, 0.15) is 0 Å².